The quantitative estimate of drug-likeness (QED) is 0.440. The molecule has 0 heterocycles. The lowest BCUT2D eigenvalue weighted by atomic mass is 9.72. The molecular weight excluding hydrogens is 192 g/mol. The third-order valence-electron chi connectivity index (χ3n) is 4.44. The summed E-state index contributed by atoms with van der Waals surface area (Å²) in [6.45, 7) is 12.7. The molecule has 4 atom stereocenters. The van der Waals surface area contributed by atoms with Crippen LogP contribution in [-0.2, 0) is 0 Å². The van der Waals surface area contributed by atoms with E-state index in [4.69, 9.17) is 0 Å². The SMILES string of the molecule is C=CCC(C)C1CCCCC(C)C1CC=C. The molecule has 1 saturated carbocycles. The van der Waals surface area contributed by atoms with E-state index in [1.807, 2.05) is 0 Å². The van der Waals surface area contributed by atoms with Crippen molar-refractivity contribution >= 4 is 0 Å². The lowest BCUT2D eigenvalue weighted by Crippen LogP contribution is -2.25. The summed E-state index contributed by atoms with van der Waals surface area (Å²) in [6.07, 6.45) is 12.3. The van der Waals surface area contributed by atoms with Crippen molar-refractivity contribution in [2.24, 2.45) is 23.7 Å². The van der Waals surface area contributed by atoms with Crippen molar-refractivity contribution in [2.45, 2.75) is 52.4 Å². The molecule has 0 spiro atoms. The standard InChI is InChI=1S/C16H28/c1-5-9-13(3)16-12-8-7-11-14(4)15(16)10-6-2/h5-6,13-16H,1-2,7-12H2,3-4H3. The van der Waals surface area contributed by atoms with Crippen LogP contribution in [0.1, 0.15) is 52.4 Å². The lowest BCUT2D eigenvalue weighted by molar-refractivity contribution is 0.181. The van der Waals surface area contributed by atoms with Gasteiger partial charge in [-0.15, -0.1) is 13.2 Å². The van der Waals surface area contributed by atoms with Crippen LogP contribution >= 0.6 is 0 Å². The van der Waals surface area contributed by atoms with Crippen LogP contribution in [0, 0.1) is 23.7 Å². The summed E-state index contributed by atoms with van der Waals surface area (Å²) in [4.78, 5) is 0. The molecule has 0 heteroatoms. The molecule has 0 aromatic carbocycles. The average molecular weight is 220 g/mol. The van der Waals surface area contributed by atoms with Gasteiger partial charge in [0.15, 0.2) is 0 Å². The molecule has 0 radical (unpaired) electrons. The maximum atomic E-state index is 3.94. The van der Waals surface area contributed by atoms with Crippen molar-refractivity contribution in [1.29, 1.82) is 0 Å². The highest BCUT2D eigenvalue weighted by atomic mass is 14.4. The molecule has 1 rings (SSSR count). The van der Waals surface area contributed by atoms with Gasteiger partial charge >= 0.3 is 0 Å². The highest BCUT2D eigenvalue weighted by Gasteiger charge is 2.30. The van der Waals surface area contributed by atoms with Gasteiger partial charge in [-0.05, 0) is 42.9 Å². The Morgan fingerprint density at radius 1 is 1.19 bits per heavy atom. The van der Waals surface area contributed by atoms with Crippen LogP contribution in [0.2, 0.25) is 0 Å². The van der Waals surface area contributed by atoms with Gasteiger partial charge in [0.25, 0.3) is 0 Å². The Balaban J connectivity index is 2.73. The average Bonchev–Trinajstić information content (AvgIpc) is 2.43. The maximum Gasteiger partial charge on any atom is -0.0320 e. The van der Waals surface area contributed by atoms with Crippen molar-refractivity contribution in [1.82, 2.24) is 0 Å². The number of rotatable bonds is 5. The van der Waals surface area contributed by atoms with Crippen LogP contribution in [0.15, 0.2) is 25.3 Å². The molecule has 1 fully saturated rings. The summed E-state index contributed by atoms with van der Waals surface area (Å²) >= 11 is 0. The molecule has 0 aliphatic heterocycles. The molecule has 16 heavy (non-hydrogen) atoms. The predicted octanol–water partition coefficient (Wildman–Crippen LogP) is 5.22. The molecule has 0 bridgehead atoms. The zero-order valence-electron chi connectivity index (χ0n) is 11.1. The number of hydrogen-bond donors (Lipinski definition) is 0. The second-order valence-corrected chi connectivity index (χ2v) is 5.62. The van der Waals surface area contributed by atoms with E-state index in [-0.39, 0.29) is 0 Å². The lowest BCUT2D eigenvalue weighted by Gasteiger charge is -2.33. The second kappa shape index (κ2) is 6.93. The largest absolute Gasteiger partial charge is 0.103 e. The molecule has 0 nitrogen and oxygen atoms in total. The van der Waals surface area contributed by atoms with E-state index in [0.717, 1.165) is 23.7 Å². The minimum absolute atomic E-state index is 0.794. The number of hydrogen-bond acceptors (Lipinski definition) is 0. The van der Waals surface area contributed by atoms with E-state index in [0.29, 0.717) is 0 Å². The van der Waals surface area contributed by atoms with Gasteiger partial charge in [0.05, 0.1) is 0 Å². The smallest absolute Gasteiger partial charge is 0.0320 e. The maximum absolute atomic E-state index is 3.94. The van der Waals surface area contributed by atoms with Gasteiger partial charge in [0.1, 0.15) is 0 Å². The Morgan fingerprint density at radius 2 is 1.88 bits per heavy atom. The van der Waals surface area contributed by atoms with Gasteiger partial charge < -0.3 is 0 Å². The first-order chi connectivity index (χ1) is 7.70. The summed E-state index contributed by atoms with van der Waals surface area (Å²) in [7, 11) is 0. The van der Waals surface area contributed by atoms with Crippen LogP contribution in [0.3, 0.4) is 0 Å². The van der Waals surface area contributed by atoms with E-state index >= 15 is 0 Å². The fourth-order valence-electron chi connectivity index (χ4n) is 3.44. The third kappa shape index (κ3) is 3.50. The van der Waals surface area contributed by atoms with Crippen molar-refractivity contribution in [3.05, 3.63) is 25.3 Å². The van der Waals surface area contributed by atoms with Crippen LogP contribution in [0.4, 0.5) is 0 Å². The molecular formula is C16H28. The monoisotopic (exact) mass is 220 g/mol. The summed E-state index contributed by atoms with van der Waals surface area (Å²) in [5, 5.41) is 0. The Bertz CT molecular complexity index is 216. The first-order valence-corrected chi connectivity index (χ1v) is 6.92. The van der Waals surface area contributed by atoms with E-state index in [2.05, 4.69) is 39.2 Å². The topological polar surface area (TPSA) is 0 Å². The third-order valence-corrected chi connectivity index (χ3v) is 4.44. The van der Waals surface area contributed by atoms with Gasteiger partial charge in [-0.2, -0.15) is 0 Å². The predicted molar refractivity (Wildman–Crippen MR) is 73.4 cm³/mol. The first kappa shape index (κ1) is 13.5. The summed E-state index contributed by atoms with van der Waals surface area (Å²) < 4.78 is 0. The fraction of sp³-hybridized carbons (Fsp3) is 0.750. The zero-order chi connectivity index (χ0) is 12.0. The highest BCUT2D eigenvalue weighted by molar-refractivity contribution is 4.88. The van der Waals surface area contributed by atoms with Crippen LogP contribution < -0.4 is 0 Å². The normalized spacial score (nSPS) is 32.8. The highest BCUT2D eigenvalue weighted by Crippen LogP contribution is 2.40. The summed E-state index contributed by atoms with van der Waals surface area (Å²) in [6, 6.07) is 0. The van der Waals surface area contributed by atoms with Crippen molar-refractivity contribution in [2.75, 3.05) is 0 Å². The Labute approximate surface area is 102 Å². The molecule has 0 amide bonds. The van der Waals surface area contributed by atoms with E-state index in [1.54, 1.807) is 0 Å². The van der Waals surface area contributed by atoms with Gasteiger partial charge in [0.2, 0.25) is 0 Å². The van der Waals surface area contributed by atoms with Gasteiger partial charge in [0, 0.05) is 0 Å². The van der Waals surface area contributed by atoms with E-state index in [1.165, 1.54) is 38.5 Å². The molecule has 1 aliphatic carbocycles. The van der Waals surface area contributed by atoms with E-state index < -0.39 is 0 Å². The number of allylic oxidation sites excluding steroid dienone is 2. The Hall–Kier alpha value is -0.520. The van der Waals surface area contributed by atoms with Crippen LogP contribution in [0.25, 0.3) is 0 Å². The van der Waals surface area contributed by atoms with Crippen molar-refractivity contribution < 1.29 is 0 Å². The van der Waals surface area contributed by atoms with E-state index in [9.17, 15) is 0 Å². The van der Waals surface area contributed by atoms with Crippen LogP contribution in [-0.4, -0.2) is 0 Å². The van der Waals surface area contributed by atoms with Gasteiger partial charge in [-0.3, -0.25) is 0 Å². The molecule has 92 valence electrons. The zero-order valence-corrected chi connectivity index (χ0v) is 11.1. The molecule has 1 aliphatic rings. The molecule has 0 saturated heterocycles. The van der Waals surface area contributed by atoms with Gasteiger partial charge in [-0.25, -0.2) is 0 Å². The van der Waals surface area contributed by atoms with Gasteiger partial charge in [-0.1, -0.05) is 45.3 Å². The van der Waals surface area contributed by atoms with Crippen LogP contribution in [0.5, 0.6) is 0 Å². The minimum atomic E-state index is 0.794. The Morgan fingerprint density at radius 3 is 2.50 bits per heavy atom. The second-order valence-electron chi connectivity index (χ2n) is 5.62. The summed E-state index contributed by atoms with van der Waals surface area (Å²) in [5.41, 5.74) is 0. The fourth-order valence-corrected chi connectivity index (χ4v) is 3.44. The molecule has 0 N–H and O–H groups in total. The van der Waals surface area contributed by atoms with Crippen molar-refractivity contribution in [3.63, 3.8) is 0 Å². The molecule has 4 unspecified atom stereocenters. The Kier molecular flexibility index (Phi) is 5.87. The molecule has 0 aromatic rings. The first-order valence-electron chi connectivity index (χ1n) is 6.92. The minimum Gasteiger partial charge on any atom is -0.103 e. The summed E-state index contributed by atoms with van der Waals surface area (Å²) in [5.74, 6) is 3.41. The molecule has 0 aromatic heterocycles. The van der Waals surface area contributed by atoms with Crippen molar-refractivity contribution in [3.8, 4) is 0 Å².